The van der Waals surface area contributed by atoms with Gasteiger partial charge in [-0.2, -0.15) is 0 Å². The predicted octanol–water partition coefficient (Wildman–Crippen LogP) is 4.64. The molecule has 1 aromatic heterocycles. The molecule has 122 valence electrons. The van der Waals surface area contributed by atoms with Gasteiger partial charge in [0.1, 0.15) is 0 Å². The van der Waals surface area contributed by atoms with Crippen LogP contribution in [0.15, 0.2) is 29.3 Å². The minimum atomic E-state index is -1.83. The van der Waals surface area contributed by atoms with E-state index in [1.165, 1.54) is 0 Å². The second-order valence-electron chi connectivity index (χ2n) is 7.20. The topological polar surface area (TPSA) is 39.2 Å². The number of hydrogen-bond acceptors (Lipinski definition) is 3. The SMILES string of the molecule is C[As](C)/C=C/C(=O)c1ncccc1CO[Si](C)(C)C(C)(C)C. The van der Waals surface area contributed by atoms with E-state index in [2.05, 4.69) is 50.3 Å². The van der Waals surface area contributed by atoms with Crippen molar-refractivity contribution in [3.8, 4) is 0 Å². The van der Waals surface area contributed by atoms with Crippen LogP contribution in [0.4, 0.5) is 0 Å². The number of carbonyl (C=O) groups excluding carboxylic acids is 1. The van der Waals surface area contributed by atoms with E-state index < -0.39 is 23.0 Å². The molecule has 0 saturated heterocycles. The maximum atomic E-state index is 12.3. The molecule has 0 atom stereocenters. The first-order valence-corrected chi connectivity index (χ1v) is 15.3. The molecule has 0 bridgehead atoms. The van der Waals surface area contributed by atoms with Crippen LogP contribution in [0, 0.1) is 0 Å². The summed E-state index contributed by atoms with van der Waals surface area (Å²) in [4.78, 5) is 18.6. The quantitative estimate of drug-likeness (QED) is 0.410. The average molecular weight is 381 g/mol. The molecule has 1 heterocycles. The summed E-state index contributed by atoms with van der Waals surface area (Å²) in [5.41, 5.74) is 5.79. The summed E-state index contributed by atoms with van der Waals surface area (Å²) in [6, 6.07) is 3.80. The van der Waals surface area contributed by atoms with Crippen LogP contribution in [-0.2, 0) is 11.0 Å². The van der Waals surface area contributed by atoms with E-state index in [1.54, 1.807) is 12.3 Å². The second kappa shape index (κ2) is 7.72. The van der Waals surface area contributed by atoms with Gasteiger partial charge < -0.3 is 0 Å². The number of carbonyl (C=O) groups is 1. The third-order valence-electron chi connectivity index (χ3n) is 4.04. The Morgan fingerprint density at radius 1 is 1.36 bits per heavy atom. The van der Waals surface area contributed by atoms with Gasteiger partial charge in [-0.1, -0.05) is 0 Å². The Kier molecular flexibility index (Phi) is 6.78. The predicted molar refractivity (Wildman–Crippen MR) is 97.2 cm³/mol. The molecule has 0 radical (unpaired) electrons. The van der Waals surface area contributed by atoms with Gasteiger partial charge >= 0.3 is 140 Å². The summed E-state index contributed by atoms with van der Waals surface area (Å²) in [5, 5.41) is 0.156. The van der Waals surface area contributed by atoms with E-state index in [1.807, 2.05) is 17.0 Å². The van der Waals surface area contributed by atoms with Crippen molar-refractivity contribution in [2.75, 3.05) is 0 Å². The summed E-state index contributed by atoms with van der Waals surface area (Å²) < 4.78 is 6.23. The molecule has 0 saturated carbocycles. The standard InChI is InChI=1S/C17H28AsNO2Si/c1-17(2,3)22(6,7)21-13-14-9-8-12-19-16(14)15(20)10-11-18(4)5/h8-12H,13H2,1-7H3/b11-10+. The first-order chi connectivity index (χ1) is 10.0. The molecular weight excluding hydrogens is 353 g/mol. The Labute approximate surface area is 140 Å². The number of ketones is 1. The summed E-state index contributed by atoms with van der Waals surface area (Å²) in [7, 11) is -1.83. The molecule has 0 aromatic carbocycles. The van der Waals surface area contributed by atoms with Crippen molar-refractivity contribution in [3.05, 3.63) is 40.5 Å². The van der Waals surface area contributed by atoms with Crippen LogP contribution in [0.3, 0.4) is 0 Å². The third-order valence-corrected chi connectivity index (χ3v) is 10.1. The first-order valence-electron chi connectivity index (χ1n) is 7.51. The zero-order valence-corrected chi connectivity index (χ0v) is 17.7. The maximum absolute atomic E-state index is 12.3. The molecule has 5 heteroatoms. The van der Waals surface area contributed by atoms with E-state index in [0.717, 1.165) is 5.56 Å². The molecule has 0 amide bonds. The second-order valence-corrected chi connectivity index (χ2v) is 16.7. The number of nitrogens with zero attached hydrogens (tertiary/aromatic N) is 1. The molecule has 3 nitrogen and oxygen atoms in total. The van der Waals surface area contributed by atoms with Gasteiger partial charge in [0.05, 0.1) is 0 Å². The summed E-state index contributed by atoms with van der Waals surface area (Å²) in [5.74, 6) is -0.0162. The molecule has 0 aliphatic carbocycles. The number of pyridine rings is 1. The van der Waals surface area contributed by atoms with Crippen LogP contribution in [0.2, 0.25) is 29.6 Å². The Morgan fingerprint density at radius 3 is 2.55 bits per heavy atom. The fourth-order valence-electron chi connectivity index (χ4n) is 1.55. The number of hydrogen-bond donors (Lipinski definition) is 0. The van der Waals surface area contributed by atoms with Gasteiger partial charge in [-0.3, -0.25) is 0 Å². The summed E-state index contributed by atoms with van der Waals surface area (Å²) in [6.07, 6.45) is 3.35. The van der Waals surface area contributed by atoms with Crippen LogP contribution in [0.5, 0.6) is 0 Å². The minimum absolute atomic E-state index is 0.0162. The van der Waals surface area contributed by atoms with Gasteiger partial charge in [-0.15, -0.1) is 0 Å². The molecule has 0 spiro atoms. The van der Waals surface area contributed by atoms with Crippen molar-refractivity contribution in [1.82, 2.24) is 4.98 Å². The van der Waals surface area contributed by atoms with Gasteiger partial charge in [-0.05, 0) is 0 Å². The van der Waals surface area contributed by atoms with Crippen molar-refractivity contribution >= 4 is 28.8 Å². The van der Waals surface area contributed by atoms with Crippen LogP contribution >= 0.6 is 0 Å². The molecule has 1 rings (SSSR count). The zero-order chi connectivity index (χ0) is 17.0. The monoisotopic (exact) mass is 381 g/mol. The Balaban J connectivity index is 2.92. The first kappa shape index (κ1) is 19.3. The van der Waals surface area contributed by atoms with E-state index in [0.29, 0.717) is 12.3 Å². The normalized spacial score (nSPS) is 13.1. The van der Waals surface area contributed by atoms with Gasteiger partial charge in [0.25, 0.3) is 0 Å². The van der Waals surface area contributed by atoms with Gasteiger partial charge in [0.15, 0.2) is 0 Å². The molecule has 22 heavy (non-hydrogen) atoms. The Morgan fingerprint density at radius 2 is 2.00 bits per heavy atom. The van der Waals surface area contributed by atoms with E-state index >= 15 is 0 Å². The van der Waals surface area contributed by atoms with Gasteiger partial charge in [0, 0.05) is 0 Å². The van der Waals surface area contributed by atoms with Crippen molar-refractivity contribution in [2.45, 2.75) is 56.9 Å². The Bertz CT molecular complexity index is 548. The van der Waals surface area contributed by atoms with Crippen molar-refractivity contribution in [3.63, 3.8) is 0 Å². The van der Waals surface area contributed by atoms with Crippen LogP contribution < -0.4 is 0 Å². The van der Waals surface area contributed by atoms with Crippen LogP contribution in [0.25, 0.3) is 0 Å². The van der Waals surface area contributed by atoms with E-state index in [-0.39, 0.29) is 10.8 Å². The van der Waals surface area contributed by atoms with E-state index in [4.69, 9.17) is 4.43 Å². The zero-order valence-electron chi connectivity index (χ0n) is 14.8. The molecule has 1 aromatic rings. The molecular formula is C17H28AsNO2Si. The number of aromatic nitrogens is 1. The van der Waals surface area contributed by atoms with Crippen molar-refractivity contribution in [1.29, 1.82) is 0 Å². The van der Waals surface area contributed by atoms with Gasteiger partial charge in [0.2, 0.25) is 0 Å². The van der Waals surface area contributed by atoms with Crippen LogP contribution in [0.1, 0.15) is 36.8 Å². The third kappa shape index (κ3) is 5.49. The molecule has 0 aliphatic heterocycles. The fraction of sp³-hybridized carbons (Fsp3) is 0.529. The van der Waals surface area contributed by atoms with E-state index in [9.17, 15) is 4.79 Å². The van der Waals surface area contributed by atoms with Gasteiger partial charge in [-0.25, -0.2) is 0 Å². The molecule has 0 N–H and O–H groups in total. The van der Waals surface area contributed by atoms with Crippen LogP contribution in [-0.4, -0.2) is 33.7 Å². The Hall–Kier alpha value is -0.705. The number of rotatable bonds is 6. The fourth-order valence-corrected chi connectivity index (χ4v) is 3.41. The van der Waals surface area contributed by atoms with Crippen molar-refractivity contribution < 1.29 is 9.22 Å². The molecule has 0 unspecified atom stereocenters. The molecule has 0 aliphatic rings. The summed E-state index contributed by atoms with van der Waals surface area (Å²) >= 11 is -0.947. The average Bonchev–Trinajstić information content (AvgIpc) is 2.41. The number of allylic oxidation sites excluding steroid dienone is 1. The summed E-state index contributed by atoms with van der Waals surface area (Å²) in [6.45, 7) is 11.5. The molecule has 0 fully saturated rings. The van der Waals surface area contributed by atoms with Crippen molar-refractivity contribution in [2.24, 2.45) is 0 Å².